The molecule has 0 saturated heterocycles. The van der Waals surface area contributed by atoms with Crippen LogP contribution in [-0.4, -0.2) is 18.8 Å². The molecule has 0 amide bonds. The molecule has 3 rings (SSSR count). The third-order valence-corrected chi connectivity index (χ3v) is 4.53. The molecule has 0 atom stereocenters. The summed E-state index contributed by atoms with van der Waals surface area (Å²) in [5.74, 6) is 3.02. The first-order valence-electron chi connectivity index (χ1n) is 13.6. The van der Waals surface area contributed by atoms with Crippen LogP contribution in [0, 0.1) is 12.8 Å². The quantitative estimate of drug-likeness (QED) is 0.303. The summed E-state index contributed by atoms with van der Waals surface area (Å²) in [6.45, 7) is 20.8. The Balaban J connectivity index is 0. The molecule has 0 aromatic heterocycles. The van der Waals surface area contributed by atoms with Gasteiger partial charge in [-0.3, -0.25) is 0 Å². The number of nitrogens with one attached hydrogen (secondary N) is 1. The largest absolute Gasteiger partial charge is 0.508 e. The summed E-state index contributed by atoms with van der Waals surface area (Å²) >= 11 is 0. The lowest BCUT2D eigenvalue weighted by Crippen LogP contribution is -2.11. The maximum atomic E-state index is 9.30. The van der Waals surface area contributed by atoms with E-state index in [4.69, 9.17) is 9.47 Å². The molecular weight excluding hydrogens is 470 g/mol. The number of phenols is 1. The Kier molecular flexibility index (Phi) is 24.7. The molecule has 0 aliphatic carbocycles. The third kappa shape index (κ3) is 22.0. The van der Waals surface area contributed by atoms with Gasteiger partial charge in [0.15, 0.2) is 0 Å². The average Bonchev–Trinajstić information content (AvgIpc) is 2.93. The zero-order valence-corrected chi connectivity index (χ0v) is 25.5. The predicted molar refractivity (Wildman–Crippen MR) is 166 cm³/mol. The molecule has 0 unspecified atom stereocenters. The summed E-state index contributed by atoms with van der Waals surface area (Å²) in [5, 5.41) is 12.4. The van der Waals surface area contributed by atoms with Crippen molar-refractivity contribution >= 4 is 0 Å². The van der Waals surface area contributed by atoms with Crippen LogP contribution in [-0.2, 0) is 17.9 Å². The Bertz CT molecular complexity index is 933. The second kappa shape index (κ2) is 25.4. The Morgan fingerprint density at radius 2 is 1.42 bits per heavy atom. The number of para-hydroxylation sites is 1. The highest BCUT2D eigenvalue weighted by Crippen LogP contribution is 2.14. The topological polar surface area (TPSA) is 50.7 Å². The van der Waals surface area contributed by atoms with Gasteiger partial charge in [-0.05, 0) is 63.1 Å². The van der Waals surface area contributed by atoms with E-state index in [0.717, 1.165) is 41.6 Å². The maximum Gasteiger partial charge on any atom is 0.120 e. The fourth-order valence-electron chi connectivity index (χ4n) is 2.46. The van der Waals surface area contributed by atoms with Crippen molar-refractivity contribution in [3.8, 4) is 11.5 Å². The first-order chi connectivity index (χ1) is 18.2. The third-order valence-electron chi connectivity index (χ3n) is 4.53. The number of phenolic OH excluding ortho intramolecular Hbond substituents is 1. The van der Waals surface area contributed by atoms with Gasteiger partial charge < -0.3 is 19.9 Å². The second-order valence-corrected chi connectivity index (χ2v) is 8.83. The molecule has 0 heterocycles. The van der Waals surface area contributed by atoms with Crippen molar-refractivity contribution in [2.24, 2.45) is 5.92 Å². The van der Waals surface area contributed by atoms with Gasteiger partial charge in [0.2, 0.25) is 0 Å². The monoisotopic (exact) mass is 523 g/mol. The highest BCUT2D eigenvalue weighted by Gasteiger charge is 1.96. The van der Waals surface area contributed by atoms with E-state index in [1.165, 1.54) is 5.56 Å². The van der Waals surface area contributed by atoms with Gasteiger partial charge >= 0.3 is 0 Å². The van der Waals surface area contributed by atoms with Crippen LogP contribution in [0.25, 0.3) is 0 Å². The first kappa shape index (κ1) is 36.9. The molecule has 3 aromatic carbocycles. The number of ether oxygens (including phenoxy) is 2. The fraction of sp³-hybridized carbons (Fsp3) is 0.412. The molecule has 0 radical (unpaired) electrons. The lowest BCUT2D eigenvalue weighted by Gasteiger charge is -2.06. The molecule has 0 bridgehead atoms. The first-order valence-corrected chi connectivity index (χ1v) is 13.6. The van der Waals surface area contributed by atoms with E-state index in [-0.39, 0.29) is 0 Å². The van der Waals surface area contributed by atoms with E-state index in [1.807, 2.05) is 101 Å². The minimum absolute atomic E-state index is 0.369. The van der Waals surface area contributed by atoms with Gasteiger partial charge in [0.05, 0.1) is 12.9 Å². The molecule has 38 heavy (non-hydrogen) atoms. The number of aromatic hydroxyl groups is 1. The zero-order chi connectivity index (χ0) is 29.2. The SMILES string of the molecule is C/C=C(\C)OCc1ccc(OC)cc1.CC.CC(C)C.CCNCc1ccccc1O.Cc1ccccc1. The normalized spacial score (nSPS) is 9.71. The predicted octanol–water partition coefficient (Wildman–Crippen LogP) is 9.32. The number of allylic oxidation sites excluding steroid dienone is 2. The number of hydrogen-bond acceptors (Lipinski definition) is 4. The molecule has 0 aliphatic rings. The summed E-state index contributed by atoms with van der Waals surface area (Å²) < 4.78 is 10.5. The number of hydrogen-bond donors (Lipinski definition) is 2. The van der Waals surface area contributed by atoms with Crippen LogP contribution in [0.5, 0.6) is 11.5 Å². The lowest BCUT2D eigenvalue weighted by molar-refractivity contribution is 0.200. The van der Waals surface area contributed by atoms with Crippen molar-refractivity contribution in [3.05, 3.63) is 107 Å². The van der Waals surface area contributed by atoms with Gasteiger partial charge in [-0.25, -0.2) is 0 Å². The second-order valence-electron chi connectivity index (χ2n) is 8.83. The maximum absolute atomic E-state index is 9.30. The van der Waals surface area contributed by atoms with E-state index < -0.39 is 0 Å². The van der Waals surface area contributed by atoms with Crippen LogP contribution in [0.3, 0.4) is 0 Å². The van der Waals surface area contributed by atoms with Gasteiger partial charge in [0.25, 0.3) is 0 Å². The van der Waals surface area contributed by atoms with Crippen molar-refractivity contribution in [2.75, 3.05) is 13.7 Å². The average molecular weight is 524 g/mol. The number of methoxy groups -OCH3 is 1. The van der Waals surface area contributed by atoms with Crippen LogP contribution in [0.15, 0.2) is 90.7 Å². The Morgan fingerprint density at radius 1 is 0.895 bits per heavy atom. The van der Waals surface area contributed by atoms with E-state index in [2.05, 4.69) is 45.1 Å². The van der Waals surface area contributed by atoms with Gasteiger partial charge in [0.1, 0.15) is 18.1 Å². The standard InChI is InChI=1S/C12H16O2.C9H13NO.C7H8.C4H10.C2H6/c1-4-10(2)14-9-11-5-7-12(13-3)8-6-11;1-2-10-7-8-5-3-4-6-9(8)11;1-7-5-3-2-4-6-7;1-4(2)3;1-2/h4-8H,9H2,1-3H3;3-6,10-11H,2,7H2,1H3;2-6H,1H3;4H,1-3H3;1-2H3/b10-4+;;;;. The minimum atomic E-state index is 0.369. The van der Waals surface area contributed by atoms with Gasteiger partial charge in [0, 0.05) is 12.1 Å². The van der Waals surface area contributed by atoms with Crippen LogP contribution in [0.2, 0.25) is 0 Å². The van der Waals surface area contributed by atoms with Crippen molar-refractivity contribution in [2.45, 2.75) is 75.5 Å². The minimum Gasteiger partial charge on any atom is -0.508 e. The van der Waals surface area contributed by atoms with Crippen molar-refractivity contribution in [3.63, 3.8) is 0 Å². The number of aryl methyl sites for hydroxylation is 1. The van der Waals surface area contributed by atoms with Crippen LogP contribution >= 0.6 is 0 Å². The molecule has 4 nitrogen and oxygen atoms in total. The highest BCUT2D eigenvalue weighted by molar-refractivity contribution is 5.31. The summed E-state index contributed by atoms with van der Waals surface area (Å²) in [4.78, 5) is 0. The van der Waals surface area contributed by atoms with Crippen molar-refractivity contribution in [1.82, 2.24) is 5.32 Å². The van der Waals surface area contributed by atoms with Crippen LogP contribution < -0.4 is 10.1 Å². The summed E-state index contributed by atoms with van der Waals surface area (Å²) in [5.41, 5.74) is 3.42. The summed E-state index contributed by atoms with van der Waals surface area (Å²) in [7, 11) is 1.66. The summed E-state index contributed by atoms with van der Waals surface area (Å²) in [6.07, 6.45) is 1.95. The molecule has 3 aromatic rings. The van der Waals surface area contributed by atoms with Gasteiger partial charge in [-0.15, -0.1) is 0 Å². The Hall–Kier alpha value is -3.24. The number of benzene rings is 3. The molecule has 0 fully saturated rings. The molecule has 2 N–H and O–H groups in total. The Morgan fingerprint density at radius 3 is 1.84 bits per heavy atom. The molecule has 0 saturated carbocycles. The van der Waals surface area contributed by atoms with Crippen molar-refractivity contribution in [1.29, 1.82) is 0 Å². The Labute approximate surface area is 233 Å². The summed E-state index contributed by atoms with van der Waals surface area (Å²) in [6, 6.07) is 25.5. The highest BCUT2D eigenvalue weighted by atomic mass is 16.5. The van der Waals surface area contributed by atoms with E-state index in [1.54, 1.807) is 13.2 Å². The fourth-order valence-corrected chi connectivity index (χ4v) is 2.46. The molecule has 212 valence electrons. The van der Waals surface area contributed by atoms with E-state index >= 15 is 0 Å². The zero-order valence-electron chi connectivity index (χ0n) is 25.5. The van der Waals surface area contributed by atoms with E-state index in [0.29, 0.717) is 12.4 Å². The van der Waals surface area contributed by atoms with Crippen molar-refractivity contribution < 1.29 is 14.6 Å². The van der Waals surface area contributed by atoms with Crippen LogP contribution in [0.4, 0.5) is 0 Å². The lowest BCUT2D eigenvalue weighted by atomic mass is 10.2. The van der Waals surface area contributed by atoms with Crippen LogP contribution in [0.1, 0.15) is 72.1 Å². The number of rotatable bonds is 7. The molecule has 0 spiro atoms. The molecule has 4 heteroatoms. The van der Waals surface area contributed by atoms with E-state index in [9.17, 15) is 5.11 Å². The molecule has 0 aliphatic heterocycles. The molecular formula is C34H53NO3. The van der Waals surface area contributed by atoms with Gasteiger partial charge in [-0.2, -0.15) is 0 Å². The smallest absolute Gasteiger partial charge is 0.120 e. The van der Waals surface area contributed by atoms with Gasteiger partial charge in [-0.1, -0.05) is 108 Å².